The number of benzene rings is 1. The van der Waals surface area contributed by atoms with Crippen LogP contribution in [0.2, 0.25) is 5.02 Å². The van der Waals surface area contributed by atoms with E-state index in [1.807, 2.05) is 12.1 Å². The molecule has 3 aromatic rings. The number of anilines is 1. The fourth-order valence-electron chi connectivity index (χ4n) is 2.23. The van der Waals surface area contributed by atoms with Gasteiger partial charge in [-0.2, -0.15) is 13.2 Å². The van der Waals surface area contributed by atoms with Crippen molar-refractivity contribution in [1.29, 1.82) is 0 Å². The summed E-state index contributed by atoms with van der Waals surface area (Å²) in [7, 11) is 0. The number of hydrogen-bond donors (Lipinski definition) is 1. The van der Waals surface area contributed by atoms with Gasteiger partial charge in [-0.05, 0) is 30.3 Å². The molecule has 0 atom stereocenters. The molecule has 124 valence electrons. The summed E-state index contributed by atoms with van der Waals surface area (Å²) >= 11 is 5.86. The summed E-state index contributed by atoms with van der Waals surface area (Å²) in [6, 6.07) is 8.19. The molecule has 1 N–H and O–H groups in total. The van der Waals surface area contributed by atoms with Crippen LogP contribution in [0.1, 0.15) is 11.3 Å². The fraction of sp³-hybridized carbons (Fsp3) is 0.125. The van der Waals surface area contributed by atoms with Crippen molar-refractivity contribution >= 4 is 28.8 Å². The average molecular weight is 354 g/mol. The molecule has 2 aromatic heterocycles. The molecule has 2 heterocycles. The normalized spacial score (nSPS) is 11.7. The van der Waals surface area contributed by atoms with Crippen LogP contribution in [0.3, 0.4) is 0 Å². The maximum atomic E-state index is 12.7. The third-order valence-corrected chi connectivity index (χ3v) is 3.65. The molecule has 1 amide bonds. The Morgan fingerprint density at radius 1 is 1.25 bits per heavy atom. The maximum absolute atomic E-state index is 12.7. The van der Waals surface area contributed by atoms with Crippen LogP contribution in [0.5, 0.6) is 0 Å². The Kier molecular flexibility index (Phi) is 4.19. The first kappa shape index (κ1) is 16.3. The van der Waals surface area contributed by atoms with E-state index in [1.165, 1.54) is 0 Å². The van der Waals surface area contributed by atoms with E-state index >= 15 is 0 Å². The van der Waals surface area contributed by atoms with E-state index in [0.717, 1.165) is 18.2 Å². The van der Waals surface area contributed by atoms with Crippen LogP contribution in [0.15, 0.2) is 48.8 Å². The van der Waals surface area contributed by atoms with Crippen LogP contribution in [-0.4, -0.2) is 15.3 Å². The molecule has 0 aliphatic rings. The Morgan fingerprint density at radius 2 is 2.04 bits per heavy atom. The van der Waals surface area contributed by atoms with Gasteiger partial charge in [-0.1, -0.05) is 17.7 Å². The number of nitrogens with one attached hydrogen (secondary N) is 1. The van der Waals surface area contributed by atoms with Crippen molar-refractivity contribution in [2.24, 2.45) is 0 Å². The molecule has 8 heteroatoms. The van der Waals surface area contributed by atoms with Crippen molar-refractivity contribution in [3.05, 3.63) is 65.1 Å². The molecule has 0 aliphatic carbocycles. The van der Waals surface area contributed by atoms with Gasteiger partial charge in [0.25, 0.3) is 0 Å². The fourth-order valence-corrected chi connectivity index (χ4v) is 2.39. The third kappa shape index (κ3) is 3.51. The minimum absolute atomic E-state index is 0.0337. The molecule has 24 heavy (non-hydrogen) atoms. The smallest absolute Gasteiger partial charge is 0.324 e. The zero-order chi connectivity index (χ0) is 17.3. The predicted molar refractivity (Wildman–Crippen MR) is 84.0 cm³/mol. The minimum Gasteiger partial charge on any atom is -0.324 e. The van der Waals surface area contributed by atoms with Gasteiger partial charge in [-0.25, -0.2) is 4.98 Å². The highest BCUT2D eigenvalue weighted by atomic mass is 35.5. The van der Waals surface area contributed by atoms with Gasteiger partial charge in [0.15, 0.2) is 0 Å². The summed E-state index contributed by atoms with van der Waals surface area (Å²) < 4.78 is 40.0. The lowest BCUT2D eigenvalue weighted by atomic mass is 10.2. The molecule has 0 saturated carbocycles. The van der Waals surface area contributed by atoms with Crippen molar-refractivity contribution in [2.45, 2.75) is 12.6 Å². The standard InChI is InChI=1S/C16H11ClF3N3O/c17-12-5-4-10(16(18,19)20)7-13(12)22-15(24)8-11-9-23-6-2-1-3-14(23)21-11/h1-7,9H,8H2,(H,22,24). The van der Waals surface area contributed by atoms with E-state index in [9.17, 15) is 18.0 Å². The highest BCUT2D eigenvalue weighted by Crippen LogP contribution is 2.33. The van der Waals surface area contributed by atoms with Crippen LogP contribution >= 0.6 is 11.6 Å². The number of imidazole rings is 1. The summed E-state index contributed by atoms with van der Waals surface area (Å²) in [5.74, 6) is -0.500. The number of pyridine rings is 1. The third-order valence-electron chi connectivity index (χ3n) is 3.32. The summed E-state index contributed by atoms with van der Waals surface area (Å²) in [6.45, 7) is 0. The Hall–Kier alpha value is -2.54. The number of rotatable bonds is 3. The van der Waals surface area contributed by atoms with Crippen LogP contribution in [0.4, 0.5) is 18.9 Å². The Labute approximate surface area is 139 Å². The Morgan fingerprint density at radius 3 is 2.75 bits per heavy atom. The van der Waals surface area contributed by atoms with E-state index in [2.05, 4.69) is 10.3 Å². The summed E-state index contributed by atoms with van der Waals surface area (Å²) in [4.78, 5) is 16.3. The second-order valence-electron chi connectivity index (χ2n) is 5.12. The van der Waals surface area contributed by atoms with Crippen LogP contribution in [0, 0.1) is 0 Å². The van der Waals surface area contributed by atoms with E-state index in [1.54, 1.807) is 22.9 Å². The van der Waals surface area contributed by atoms with Gasteiger partial charge in [0.05, 0.1) is 28.4 Å². The lowest BCUT2D eigenvalue weighted by Gasteiger charge is -2.11. The summed E-state index contributed by atoms with van der Waals surface area (Å²) in [6.07, 6.45) is -1.12. The molecule has 4 nitrogen and oxygen atoms in total. The van der Waals surface area contributed by atoms with Crippen LogP contribution < -0.4 is 5.32 Å². The van der Waals surface area contributed by atoms with Gasteiger partial charge in [-0.3, -0.25) is 4.79 Å². The zero-order valence-electron chi connectivity index (χ0n) is 12.1. The van der Waals surface area contributed by atoms with Crippen molar-refractivity contribution in [1.82, 2.24) is 9.38 Å². The molecule has 0 fully saturated rings. The molecule has 0 unspecified atom stereocenters. The molecular weight excluding hydrogens is 343 g/mol. The van der Waals surface area contributed by atoms with Gasteiger partial charge >= 0.3 is 6.18 Å². The van der Waals surface area contributed by atoms with Gasteiger partial charge < -0.3 is 9.72 Å². The highest BCUT2D eigenvalue weighted by Gasteiger charge is 2.31. The molecule has 0 radical (unpaired) electrons. The van der Waals surface area contributed by atoms with Gasteiger partial charge in [-0.15, -0.1) is 0 Å². The molecule has 0 saturated heterocycles. The van der Waals surface area contributed by atoms with Gasteiger partial charge in [0.2, 0.25) is 5.91 Å². The Balaban J connectivity index is 1.77. The van der Waals surface area contributed by atoms with E-state index in [0.29, 0.717) is 11.3 Å². The Bertz CT molecular complexity index is 872. The topological polar surface area (TPSA) is 46.4 Å². The van der Waals surface area contributed by atoms with Gasteiger partial charge in [0, 0.05) is 12.4 Å². The van der Waals surface area contributed by atoms with Crippen molar-refractivity contribution in [3.8, 4) is 0 Å². The van der Waals surface area contributed by atoms with E-state index < -0.39 is 17.6 Å². The van der Waals surface area contributed by atoms with Gasteiger partial charge in [0.1, 0.15) is 5.65 Å². The van der Waals surface area contributed by atoms with Crippen molar-refractivity contribution in [2.75, 3.05) is 5.32 Å². The number of carbonyl (C=O) groups is 1. The number of fused-ring (bicyclic) bond motifs is 1. The summed E-state index contributed by atoms with van der Waals surface area (Å²) in [5, 5.41) is 2.43. The van der Waals surface area contributed by atoms with E-state index in [4.69, 9.17) is 11.6 Å². The van der Waals surface area contributed by atoms with Crippen LogP contribution in [-0.2, 0) is 17.4 Å². The number of alkyl halides is 3. The monoisotopic (exact) mass is 353 g/mol. The minimum atomic E-state index is -4.51. The lowest BCUT2D eigenvalue weighted by molar-refractivity contribution is -0.137. The molecule has 1 aromatic carbocycles. The number of amides is 1. The molecule has 3 rings (SSSR count). The van der Waals surface area contributed by atoms with Crippen molar-refractivity contribution < 1.29 is 18.0 Å². The number of hydrogen-bond acceptors (Lipinski definition) is 2. The molecular formula is C16H11ClF3N3O. The van der Waals surface area contributed by atoms with Crippen molar-refractivity contribution in [3.63, 3.8) is 0 Å². The number of aromatic nitrogens is 2. The largest absolute Gasteiger partial charge is 0.416 e. The lowest BCUT2D eigenvalue weighted by Crippen LogP contribution is -2.16. The zero-order valence-corrected chi connectivity index (χ0v) is 12.9. The van der Waals surface area contributed by atoms with E-state index in [-0.39, 0.29) is 17.1 Å². The SMILES string of the molecule is O=C(Cc1cn2ccccc2n1)Nc1cc(C(F)(F)F)ccc1Cl. The first-order valence-electron chi connectivity index (χ1n) is 6.92. The second kappa shape index (κ2) is 6.16. The number of halogens is 4. The first-order chi connectivity index (χ1) is 11.3. The first-order valence-corrected chi connectivity index (χ1v) is 7.30. The van der Waals surface area contributed by atoms with Crippen LogP contribution in [0.25, 0.3) is 5.65 Å². The second-order valence-corrected chi connectivity index (χ2v) is 5.52. The maximum Gasteiger partial charge on any atom is 0.416 e. The highest BCUT2D eigenvalue weighted by molar-refractivity contribution is 6.33. The number of nitrogens with zero attached hydrogens (tertiary/aromatic N) is 2. The predicted octanol–water partition coefficient (Wildman–Crippen LogP) is 4.19. The number of carbonyl (C=O) groups excluding carboxylic acids is 1. The summed E-state index contributed by atoms with van der Waals surface area (Å²) in [5.41, 5.74) is 0.217. The average Bonchev–Trinajstić information content (AvgIpc) is 2.90. The molecule has 0 bridgehead atoms. The molecule has 0 spiro atoms. The quantitative estimate of drug-likeness (QED) is 0.767. The molecule has 0 aliphatic heterocycles.